The summed E-state index contributed by atoms with van der Waals surface area (Å²) in [5, 5.41) is 2.71. The maximum atomic E-state index is 11.5. The molecular formula is C14H22N2O2. The summed E-state index contributed by atoms with van der Waals surface area (Å²) in [5.74, 6) is 0.542. The van der Waals surface area contributed by atoms with E-state index in [1.807, 2.05) is 18.2 Å². The number of amides is 1. The van der Waals surface area contributed by atoms with Crippen LogP contribution in [0.4, 0.5) is 4.79 Å². The molecule has 0 radical (unpaired) electrons. The molecule has 0 spiro atoms. The topological polar surface area (TPSA) is 64.3 Å². The highest BCUT2D eigenvalue weighted by Gasteiger charge is 2.19. The van der Waals surface area contributed by atoms with Crippen molar-refractivity contribution in [2.24, 2.45) is 5.73 Å². The second kappa shape index (κ2) is 7.01. The Morgan fingerprint density at radius 3 is 2.44 bits per heavy atom. The van der Waals surface area contributed by atoms with E-state index in [2.05, 4.69) is 19.2 Å². The van der Waals surface area contributed by atoms with Crippen LogP contribution in [0.2, 0.25) is 0 Å². The molecule has 0 atom stereocenters. The average molecular weight is 250 g/mol. The van der Waals surface area contributed by atoms with Crippen LogP contribution in [-0.4, -0.2) is 18.2 Å². The minimum absolute atomic E-state index is 0.194. The first-order chi connectivity index (χ1) is 8.59. The van der Waals surface area contributed by atoms with Crippen molar-refractivity contribution < 1.29 is 9.53 Å². The second-order valence-electron chi connectivity index (χ2n) is 4.45. The molecule has 18 heavy (non-hydrogen) atoms. The maximum absolute atomic E-state index is 11.5. The van der Waals surface area contributed by atoms with Crippen molar-refractivity contribution >= 4 is 6.09 Å². The highest BCUT2D eigenvalue weighted by atomic mass is 16.5. The monoisotopic (exact) mass is 250 g/mol. The Bertz CT molecular complexity index is 361. The van der Waals surface area contributed by atoms with E-state index in [-0.39, 0.29) is 5.54 Å². The molecule has 1 aromatic rings. The van der Waals surface area contributed by atoms with Gasteiger partial charge in [-0.05, 0) is 31.4 Å². The number of nitrogens with two attached hydrogens (primary N) is 1. The molecule has 0 saturated heterocycles. The molecule has 0 aromatic heterocycles. The van der Waals surface area contributed by atoms with Gasteiger partial charge in [-0.15, -0.1) is 0 Å². The summed E-state index contributed by atoms with van der Waals surface area (Å²) in [7, 11) is 0. The molecular weight excluding hydrogens is 228 g/mol. The van der Waals surface area contributed by atoms with Gasteiger partial charge in [-0.2, -0.15) is 0 Å². The average Bonchev–Trinajstić information content (AvgIpc) is 2.39. The SMILES string of the molecule is CCC(N)(CC)CCNC(=O)Oc1ccccc1. The molecule has 1 amide bonds. The van der Waals surface area contributed by atoms with Crippen LogP contribution in [0, 0.1) is 0 Å². The minimum Gasteiger partial charge on any atom is -0.410 e. The number of rotatable bonds is 6. The third-order valence-corrected chi connectivity index (χ3v) is 3.25. The van der Waals surface area contributed by atoms with E-state index < -0.39 is 6.09 Å². The predicted octanol–water partition coefficient (Wildman–Crippen LogP) is 2.68. The molecule has 1 rings (SSSR count). The van der Waals surface area contributed by atoms with E-state index in [1.165, 1.54) is 0 Å². The van der Waals surface area contributed by atoms with Crippen LogP contribution in [0.25, 0.3) is 0 Å². The van der Waals surface area contributed by atoms with Crippen LogP contribution >= 0.6 is 0 Å². The Kier molecular flexibility index (Phi) is 5.65. The second-order valence-corrected chi connectivity index (χ2v) is 4.45. The minimum atomic E-state index is -0.434. The Morgan fingerprint density at radius 2 is 1.89 bits per heavy atom. The number of para-hydroxylation sites is 1. The fraction of sp³-hybridized carbons (Fsp3) is 0.500. The summed E-state index contributed by atoms with van der Waals surface area (Å²) in [5.41, 5.74) is 5.95. The maximum Gasteiger partial charge on any atom is 0.412 e. The van der Waals surface area contributed by atoms with E-state index in [4.69, 9.17) is 10.5 Å². The quantitative estimate of drug-likeness (QED) is 0.815. The van der Waals surface area contributed by atoms with Gasteiger partial charge in [0.2, 0.25) is 0 Å². The summed E-state index contributed by atoms with van der Waals surface area (Å²) in [6.45, 7) is 4.65. The van der Waals surface area contributed by atoms with Crippen LogP contribution in [0.3, 0.4) is 0 Å². The Labute approximate surface area is 109 Å². The normalized spacial score (nSPS) is 11.1. The summed E-state index contributed by atoms with van der Waals surface area (Å²) in [4.78, 5) is 11.5. The zero-order chi connectivity index (χ0) is 13.4. The number of nitrogens with one attached hydrogen (secondary N) is 1. The molecule has 1 aromatic carbocycles. The summed E-state index contributed by atoms with van der Waals surface area (Å²) < 4.78 is 5.11. The smallest absolute Gasteiger partial charge is 0.410 e. The lowest BCUT2D eigenvalue weighted by molar-refractivity contribution is 0.199. The summed E-state index contributed by atoms with van der Waals surface area (Å²) in [6, 6.07) is 9.00. The van der Waals surface area contributed by atoms with Gasteiger partial charge in [-0.1, -0.05) is 32.0 Å². The molecule has 0 unspecified atom stereocenters. The van der Waals surface area contributed by atoms with Crippen molar-refractivity contribution in [1.29, 1.82) is 0 Å². The van der Waals surface area contributed by atoms with Crippen molar-refractivity contribution in [3.05, 3.63) is 30.3 Å². The zero-order valence-corrected chi connectivity index (χ0v) is 11.1. The predicted molar refractivity (Wildman–Crippen MR) is 72.6 cm³/mol. The van der Waals surface area contributed by atoms with Crippen molar-refractivity contribution in [3.63, 3.8) is 0 Å². The van der Waals surface area contributed by atoms with Crippen molar-refractivity contribution in [1.82, 2.24) is 5.32 Å². The van der Waals surface area contributed by atoms with Crippen molar-refractivity contribution in [3.8, 4) is 5.75 Å². The van der Waals surface area contributed by atoms with Crippen LogP contribution in [0.1, 0.15) is 33.1 Å². The van der Waals surface area contributed by atoms with Gasteiger partial charge in [0, 0.05) is 12.1 Å². The Morgan fingerprint density at radius 1 is 1.28 bits per heavy atom. The summed E-state index contributed by atoms with van der Waals surface area (Å²) >= 11 is 0. The van der Waals surface area contributed by atoms with E-state index in [9.17, 15) is 4.79 Å². The lowest BCUT2D eigenvalue weighted by Gasteiger charge is -2.26. The number of benzene rings is 1. The fourth-order valence-electron chi connectivity index (χ4n) is 1.65. The van der Waals surface area contributed by atoms with Gasteiger partial charge < -0.3 is 15.8 Å². The van der Waals surface area contributed by atoms with Gasteiger partial charge in [0.05, 0.1) is 0 Å². The third kappa shape index (κ3) is 4.75. The lowest BCUT2D eigenvalue weighted by atomic mass is 9.90. The van der Waals surface area contributed by atoms with Crippen molar-refractivity contribution in [2.45, 2.75) is 38.6 Å². The number of hydrogen-bond acceptors (Lipinski definition) is 3. The molecule has 0 bridgehead atoms. The first kappa shape index (κ1) is 14.5. The molecule has 0 fully saturated rings. The fourth-order valence-corrected chi connectivity index (χ4v) is 1.65. The van der Waals surface area contributed by atoms with E-state index in [1.54, 1.807) is 12.1 Å². The largest absolute Gasteiger partial charge is 0.412 e. The first-order valence-electron chi connectivity index (χ1n) is 6.39. The number of carbonyl (C=O) groups excluding carboxylic acids is 1. The van der Waals surface area contributed by atoms with E-state index in [0.717, 1.165) is 19.3 Å². The van der Waals surface area contributed by atoms with Gasteiger partial charge in [-0.3, -0.25) is 0 Å². The molecule has 0 saturated carbocycles. The van der Waals surface area contributed by atoms with Gasteiger partial charge in [-0.25, -0.2) is 4.79 Å². The Balaban J connectivity index is 2.30. The molecule has 0 aliphatic heterocycles. The number of hydrogen-bond donors (Lipinski definition) is 2. The van der Waals surface area contributed by atoms with Crippen LogP contribution in [-0.2, 0) is 0 Å². The first-order valence-corrected chi connectivity index (χ1v) is 6.39. The van der Waals surface area contributed by atoms with Crippen LogP contribution in [0.5, 0.6) is 5.75 Å². The van der Waals surface area contributed by atoms with Gasteiger partial charge in [0.25, 0.3) is 0 Å². The molecule has 100 valence electrons. The van der Waals surface area contributed by atoms with E-state index in [0.29, 0.717) is 12.3 Å². The highest BCUT2D eigenvalue weighted by molar-refractivity contribution is 5.70. The molecule has 3 N–H and O–H groups in total. The number of carbonyl (C=O) groups is 1. The molecule has 0 aliphatic rings. The van der Waals surface area contributed by atoms with Gasteiger partial charge >= 0.3 is 6.09 Å². The highest BCUT2D eigenvalue weighted by Crippen LogP contribution is 2.15. The van der Waals surface area contributed by atoms with Crippen LogP contribution < -0.4 is 15.8 Å². The summed E-state index contributed by atoms with van der Waals surface area (Å²) in [6.07, 6.45) is 2.12. The molecule has 4 nitrogen and oxygen atoms in total. The lowest BCUT2D eigenvalue weighted by Crippen LogP contribution is -2.42. The molecule has 4 heteroatoms. The third-order valence-electron chi connectivity index (χ3n) is 3.25. The molecule has 0 heterocycles. The molecule has 0 aliphatic carbocycles. The van der Waals surface area contributed by atoms with E-state index >= 15 is 0 Å². The van der Waals surface area contributed by atoms with Gasteiger partial charge in [0.1, 0.15) is 5.75 Å². The Hall–Kier alpha value is -1.55. The zero-order valence-electron chi connectivity index (χ0n) is 11.1. The number of ether oxygens (including phenoxy) is 1. The van der Waals surface area contributed by atoms with Crippen LogP contribution in [0.15, 0.2) is 30.3 Å². The van der Waals surface area contributed by atoms with Gasteiger partial charge in [0.15, 0.2) is 0 Å². The standard InChI is InChI=1S/C14H22N2O2/c1-3-14(15,4-2)10-11-16-13(17)18-12-8-6-5-7-9-12/h5-9H,3-4,10-11,15H2,1-2H3,(H,16,17). The van der Waals surface area contributed by atoms with Crippen molar-refractivity contribution in [2.75, 3.05) is 6.54 Å².